The van der Waals surface area contributed by atoms with Gasteiger partial charge in [0, 0.05) is 5.69 Å². The molecule has 0 radical (unpaired) electrons. The molecule has 0 fully saturated rings. The highest BCUT2D eigenvalue weighted by molar-refractivity contribution is 5.95. The van der Waals surface area contributed by atoms with Gasteiger partial charge in [0.25, 0.3) is 0 Å². The Morgan fingerprint density at radius 2 is 1.79 bits per heavy atom. The Bertz CT molecular complexity index is 782. The van der Waals surface area contributed by atoms with Gasteiger partial charge < -0.3 is 20.1 Å². The van der Waals surface area contributed by atoms with E-state index in [4.69, 9.17) is 4.74 Å². The third kappa shape index (κ3) is 6.86. The molecule has 1 amide bonds. The van der Waals surface area contributed by atoms with E-state index in [1.54, 1.807) is 30.3 Å². The summed E-state index contributed by atoms with van der Waals surface area (Å²) in [7, 11) is 0. The van der Waals surface area contributed by atoms with Crippen LogP contribution in [0.5, 0.6) is 5.75 Å². The van der Waals surface area contributed by atoms with Crippen molar-refractivity contribution in [2.24, 2.45) is 0 Å². The highest BCUT2D eigenvalue weighted by atomic mass is 19.3. The van der Waals surface area contributed by atoms with Gasteiger partial charge in [-0.15, -0.1) is 0 Å². The maximum atomic E-state index is 12.4. The van der Waals surface area contributed by atoms with E-state index in [2.05, 4.69) is 15.4 Å². The van der Waals surface area contributed by atoms with Crippen molar-refractivity contribution in [2.45, 2.75) is 26.4 Å². The molecule has 0 aliphatic rings. The van der Waals surface area contributed by atoms with Crippen molar-refractivity contribution in [1.29, 1.82) is 0 Å². The lowest BCUT2D eigenvalue weighted by Crippen LogP contribution is -2.22. The highest BCUT2D eigenvalue weighted by Gasteiger charge is 2.12. The standard InChI is InChI=1S/C20H22F2N2O4/c1-2-3-12-27-19(26)14-8-10-15(11-9-14)23-13-18(25)24-16-6-4-5-7-17(16)28-20(21)22/h4-11,20,23H,2-3,12-13H2,1H3,(H,24,25). The zero-order chi connectivity index (χ0) is 20.4. The van der Waals surface area contributed by atoms with Crippen molar-refractivity contribution in [2.75, 3.05) is 23.8 Å². The van der Waals surface area contributed by atoms with Crippen LogP contribution in [-0.2, 0) is 9.53 Å². The fourth-order valence-electron chi connectivity index (χ4n) is 2.26. The first kappa shape index (κ1) is 21.1. The van der Waals surface area contributed by atoms with Crippen LogP contribution < -0.4 is 15.4 Å². The van der Waals surface area contributed by atoms with Crippen LogP contribution in [0.4, 0.5) is 20.2 Å². The van der Waals surface area contributed by atoms with Crippen LogP contribution in [0, 0.1) is 0 Å². The number of halogens is 2. The molecule has 0 bridgehead atoms. The van der Waals surface area contributed by atoms with Crippen LogP contribution >= 0.6 is 0 Å². The smallest absolute Gasteiger partial charge is 0.387 e. The molecule has 2 aromatic rings. The third-order valence-electron chi connectivity index (χ3n) is 3.68. The maximum Gasteiger partial charge on any atom is 0.387 e. The van der Waals surface area contributed by atoms with Crippen LogP contribution in [0.25, 0.3) is 0 Å². The molecule has 0 unspecified atom stereocenters. The topological polar surface area (TPSA) is 76.7 Å². The molecule has 28 heavy (non-hydrogen) atoms. The number of amides is 1. The predicted octanol–water partition coefficient (Wildman–Crippen LogP) is 4.30. The molecule has 2 rings (SSSR count). The molecule has 2 aromatic carbocycles. The normalized spacial score (nSPS) is 10.4. The number of esters is 1. The minimum Gasteiger partial charge on any atom is -0.462 e. The summed E-state index contributed by atoms with van der Waals surface area (Å²) in [6.07, 6.45) is 1.75. The van der Waals surface area contributed by atoms with Crippen molar-refractivity contribution in [3.63, 3.8) is 0 Å². The fourth-order valence-corrected chi connectivity index (χ4v) is 2.26. The van der Waals surface area contributed by atoms with Gasteiger partial charge in [0.05, 0.1) is 24.4 Å². The zero-order valence-corrected chi connectivity index (χ0v) is 15.4. The first-order chi connectivity index (χ1) is 13.5. The summed E-state index contributed by atoms with van der Waals surface area (Å²) in [6, 6.07) is 12.4. The van der Waals surface area contributed by atoms with E-state index >= 15 is 0 Å². The van der Waals surface area contributed by atoms with Crippen molar-refractivity contribution in [3.05, 3.63) is 54.1 Å². The molecule has 0 heterocycles. The first-order valence-electron chi connectivity index (χ1n) is 8.84. The van der Waals surface area contributed by atoms with E-state index in [1.807, 2.05) is 6.92 Å². The molecule has 150 valence electrons. The van der Waals surface area contributed by atoms with Gasteiger partial charge in [0.15, 0.2) is 0 Å². The van der Waals surface area contributed by atoms with Crippen LogP contribution in [0.15, 0.2) is 48.5 Å². The van der Waals surface area contributed by atoms with Crippen molar-refractivity contribution in [1.82, 2.24) is 0 Å². The van der Waals surface area contributed by atoms with E-state index in [9.17, 15) is 18.4 Å². The van der Waals surface area contributed by atoms with Crippen LogP contribution in [0.1, 0.15) is 30.1 Å². The van der Waals surface area contributed by atoms with Crippen molar-refractivity contribution in [3.8, 4) is 5.75 Å². The summed E-state index contributed by atoms with van der Waals surface area (Å²) in [5, 5.41) is 5.40. The Kier molecular flexibility index (Phi) is 8.20. The summed E-state index contributed by atoms with van der Waals surface area (Å²) in [5.41, 5.74) is 1.20. The van der Waals surface area contributed by atoms with Gasteiger partial charge in [-0.1, -0.05) is 25.5 Å². The lowest BCUT2D eigenvalue weighted by molar-refractivity contribution is -0.114. The van der Waals surface area contributed by atoms with Gasteiger partial charge >= 0.3 is 12.6 Å². The number of carbonyl (C=O) groups is 2. The molecular weight excluding hydrogens is 370 g/mol. The number of carbonyl (C=O) groups excluding carboxylic acids is 2. The van der Waals surface area contributed by atoms with E-state index in [1.165, 1.54) is 18.2 Å². The largest absolute Gasteiger partial charge is 0.462 e. The number of ether oxygens (including phenoxy) is 2. The third-order valence-corrected chi connectivity index (χ3v) is 3.68. The quantitative estimate of drug-likeness (QED) is 0.466. The number of hydrogen-bond acceptors (Lipinski definition) is 5. The number of benzene rings is 2. The number of hydrogen-bond donors (Lipinski definition) is 2. The number of anilines is 2. The SMILES string of the molecule is CCCCOC(=O)c1ccc(NCC(=O)Nc2ccccc2OC(F)F)cc1. The van der Waals surface area contributed by atoms with Crippen LogP contribution in [-0.4, -0.2) is 31.6 Å². The van der Waals surface area contributed by atoms with Gasteiger partial charge in [-0.3, -0.25) is 4.79 Å². The number of nitrogens with one attached hydrogen (secondary N) is 2. The molecule has 6 nitrogen and oxygen atoms in total. The lowest BCUT2D eigenvalue weighted by atomic mass is 10.2. The van der Waals surface area contributed by atoms with E-state index in [0.717, 1.165) is 12.8 Å². The van der Waals surface area contributed by atoms with Gasteiger partial charge in [0.1, 0.15) is 5.75 Å². The second-order valence-electron chi connectivity index (χ2n) is 5.84. The Morgan fingerprint density at radius 3 is 2.46 bits per heavy atom. The Morgan fingerprint density at radius 1 is 1.07 bits per heavy atom. The number of para-hydroxylation sites is 2. The van der Waals surface area contributed by atoms with Crippen molar-refractivity contribution < 1.29 is 27.8 Å². The summed E-state index contributed by atoms with van der Waals surface area (Å²) < 4.78 is 34.3. The zero-order valence-electron chi connectivity index (χ0n) is 15.4. The molecule has 0 saturated carbocycles. The maximum absolute atomic E-state index is 12.4. The Balaban J connectivity index is 1.85. The van der Waals surface area contributed by atoms with Gasteiger partial charge in [-0.2, -0.15) is 8.78 Å². The summed E-state index contributed by atoms with van der Waals surface area (Å²) in [4.78, 5) is 23.9. The van der Waals surface area contributed by atoms with Crippen molar-refractivity contribution >= 4 is 23.3 Å². The average Bonchev–Trinajstić information content (AvgIpc) is 2.68. The van der Waals surface area contributed by atoms with E-state index < -0.39 is 18.5 Å². The molecule has 0 aromatic heterocycles. The molecule has 8 heteroatoms. The summed E-state index contributed by atoms with van der Waals surface area (Å²) in [6.45, 7) is -0.687. The minimum absolute atomic E-state index is 0.0939. The summed E-state index contributed by atoms with van der Waals surface area (Å²) >= 11 is 0. The molecule has 0 aliphatic heterocycles. The van der Waals surface area contributed by atoms with Gasteiger partial charge in [0.2, 0.25) is 5.91 Å². The molecule has 0 spiro atoms. The van der Waals surface area contributed by atoms with Gasteiger partial charge in [-0.25, -0.2) is 4.79 Å². The molecular formula is C20H22F2N2O4. The first-order valence-corrected chi connectivity index (χ1v) is 8.84. The average molecular weight is 392 g/mol. The second kappa shape index (κ2) is 10.9. The molecule has 0 aliphatic carbocycles. The molecule has 2 N–H and O–H groups in total. The molecule has 0 saturated heterocycles. The predicted molar refractivity (Wildman–Crippen MR) is 102 cm³/mol. The molecule has 0 atom stereocenters. The number of rotatable bonds is 10. The Hall–Kier alpha value is -3.16. The monoisotopic (exact) mass is 392 g/mol. The highest BCUT2D eigenvalue weighted by Crippen LogP contribution is 2.25. The van der Waals surface area contributed by atoms with Gasteiger partial charge in [-0.05, 0) is 42.8 Å². The van der Waals surface area contributed by atoms with Crippen LogP contribution in [0.3, 0.4) is 0 Å². The van der Waals surface area contributed by atoms with E-state index in [0.29, 0.717) is 17.9 Å². The van der Waals surface area contributed by atoms with Crippen LogP contribution in [0.2, 0.25) is 0 Å². The number of unbranched alkanes of at least 4 members (excludes halogenated alkanes) is 1. The Labute approximate surface area is 161 Å². The second-order valence-corrected chi connectivity index (χ2v) is 5.84. The fraction of sp³-hybridized carbons (Fsp3) is 0.300. The summed E-state index contributed by atoms with van der Waals surface area (Å²) in [5.74, 6) is -0.946. The minimum atomic E-state index is -2.98. The van der Waals surface area contributed by atoms with E-state index in [-0.39, 0.29) is 18.0 Å². The lowest BCUT2D eigenvalue weighted by Gasteiger charge is -2.12. The number of alkyl halides is 2.